The molecule has 0 radical (unpaired) electrons. The van der Waals surface area contributed by atoms with Gasteiger partial charge in [-0.05, 0) is 18.9 Å². The van der Waals surface area contributed by atoms with Crippen molar-refractivity contribution in [2.75, 3.05) is 0 Å². The smallest absolute Gasteiger partial charge is 0.275 e. The standard InChI is InChI=1S/C12H13NO4/c14-11-7-3-5-9(11)12(15)8-4-1-2-6-10(8)13(16)17/h1-2,4,6,9,12,15H,3,5,7H2/t9-,12+/m1/s1. The molecule has 17 heavy (non-hydrogen) atoms. The Morgan fingerprint density at radius 2 is 2.12 bits per heavy atom. The monoisotopic (exact) mass is 235 g/mol. The normalized spacial score (nSPS) is 21.5. The summed E-state index contributed by atoms with van der Waals surface area (Å²) in [7, 11) is 0. The highest BCUT2D eigenvalue weighted by molar-refractivity contribution is 5.83. The van der Waals surface area contributed by atoms with Crippen LogP contribution in [0.1, 0.15) is 30.9 Å². The minimum Gasteiger partial charge on any atom is -0.387 e. The molecule has 1 saturated carbocycles. The summed E-state index contributed by atoms with van der Waals surface area (Å²) >= 11 is 0. The summed E-state index contributed by atoms with van der Waals surface area (Å²) < 4.78 is 0. The predicted molar refractivity (Wildman–Crippen MR) is 60.4 cm³/mol. The van der Waals surface area contributed by atoms with Crippen molar-refractivity contribution in [3.8, 4) is 0 Å². The number of para-hydroxylation sites is 1. The number of carbonyl (C=O) groups is 1. The molecule has 1 aromatic carbocycles. The lowest BCUT2D eigenvalue weighted by atomic mass is 9.93. The van der Waals surface area contributed by atoms with E-state index in [1.54, 1.807) is 12.1 Å². The maximum Gasteiger partial charge on any atom is 0.275 e. The maximum absolute atomic E-state index is 11.5. The first-order valence-corrected chi connectivity index (χ1v) is 5.55. The molecule has 2 atom stereocenters. The highest BCUT2D eigenvalue weighted by Crippen LogP contribution is 2.36. The Hall–Kier alpha value is -1.75. The van der Waals surface area contributed by atoms with Crippen LogP contribution in [-0.4, -0.2) is 15.8 Å². The van der Waals surface area contributed by atoms with Crippen molar-refractivity contribution >= 4 is 11.5 Å². The van der Waals surface area contributed by atoms with Gasteiger partial charge in [0.15, 0.2) is 0 Å². The molecule has 1 aliphatic carbocycles. The van der Waals surface area contributed by atoms with Crippen LogP contribution < -0.4 is 0 Å². The van der Waals surface area contributed by atoms with Crippen LogP contribution in [0.15, 0.2) is 24.3 Å². The molecule has 0 unspecified atom stereocenters. The van der Waals surface area contributed by atoms with Gasteiger partial charge in [0.05, 0.1) is 16.6 Å². The Morgan fingerprint density at radius 1 is 1.41 bits per heavy atom. The molecule has 0 saturated heterocycles. The number of hydrogen-bond donors (Lipinski definition) is 1. The van der Waals surface area contributed by atoms with Gasteiger partial charge in [0.25, 0.3) is 5.69 Å². The fraction of sp³-hybridized carbons (Fsp3) is 0.417. The zero-order valence-corrected chi connectivity index (χ0v) is 9.20. The van der Waals surface area contributed by atoms with E-state index < -0.39 is 16.9 Å². The number of rotatable bonds is 3. The number of nitro groups is 1. The van der Waals surface area contributed by atoms with E-state index in [1.165, 1.54) is 12.1 Å². The Kier molecular flexibility index (Phi) is 3.19. The van der Waals surface area contributed by atoms with Crippen LogP contribution in [-0.2, 0) is 4.79 Å². The second-order valence-corrected chi connectivity index (χ2v) is 4.23. The molecule has 5 nitrogen and oxygen atoms in total. The van der Waals surface area contributed by atoms with Gasteiger partial charge >= 0.3 is 0 Å². The molecule has 2 rings (SSSR count). The minimum absolute atomic E-state index is 0.00403. The van der Waals surface area contributed by atoms with E-state index in [2.05, 4.69) is 0 Å². The quantitative estimate of drug-likeness (QED) is 0.641. The summed E-state index contributed by atoms with van der Waals surface area (Å²) in [5.74, 6) is -0.494. The third-order valence-corrected chi connectivity index (χ3v) is 3.19. The van der Waals surface area contributed by atoms with Crippen molar-refractivity contribution in [3.05, 3.63) is 39.9 Å². The average Bonchev–Trinajstić information content (AvgIpc) is 2.74. The molecule has 1 N–H and O–H groups in total. The van der Waals surface area contributed by atoms with E-state index in [4.69, 9.17) is 0 Å². The van der Waals surface area contributed by atoms with Crippen molar-refractivity contribution in [2.24, 2.45) is 5.92 Å². The van der Waals surface area contributed by atoms with Crippen molar-refractivity contribution in [3.63, 3.8) is 0 Å². The molecule has 1 fully saturated rings. The number of ketones is 1. The van der Waals surface area contributed by atoms with E-state index in [0.29, 0.717) is 12.8 Å². The zero-order valence-electron chi connectivity index (χ0n) is 9.20. The molecule has 0 aromatic heterocycles. The highest BCUT2D eigenvalue weighted by atomic mass is 16.6. The number of aliphatic hydroxyl groups excluding tert-OH is 1. The average molecular weight is 235 g/mol. The Bertz CT molecular complexity index is 458. The van der Waals surface area contributed by atoms with Gasteiger partial charge in [0.2, 0.25) is 0 Å². The molecular formula is C12H13NO4. The number of benzene rings is 1. The summed E-state index contributed by atoms with van der Waals surface area (Å²) in [6, 6.07) is 6.03. The van der Waals surface area contributed by atoms with Crippen LogP contribution in [0, 0.1) is 16.0 Å². The molecule has 0 amide bonds. The lowest BCUT2D eigenvalue weighted by molar-refractivity contribution is -0.386. The Balaban J connectivity index is 2.33. The van der Waals surface area contributed by atoms with Crippen molar-refractivity contribution in [1.82, 2.24) is 0 Å². The first-order valence-electron chi connectivity index (χ1n) is 5.55. The van der Waals surface area contributed by atoms with E-state index in [0.717, 1.165) is 6.42 Å². The molecule has 0 spiro atoms. The Morgan fingerprint density at radius 3 is 2.71 bits per heavy atom. The first-order chi connectivity index (χ1) is 8.11. The van der Waals surface area contributed by atoms with Gasteiger partial charge in [-0.3, -0.25) is 14.9 Å². The second-order valence-electron chi connectivity index (χ2n) is 4.23. The summed E-state index contributed by atoms with van der Waals surface area (Å²) in [6.45, 7) is 0. The molecule has 90 valence electrons. The first kappa shape index (κ1) is 11.7. The fourth-order valence-electron chi connectivity index (χ4n) is 2.30. The molecule has 0 bridgehead atoms. The maximum atomic E-state index is 11.5. The molecule has 0 aliphatic heterocycles. The molecule has 1 aromatic rings. The van der Waals surface area contributed by atoms with Gasteiger partial charge in [-0.25, -0.2) is 0 Å². The van der Waals surface area contributed by atoms with Gasteiger partial charge in [-0.15, -0.1) is 0 Å². The minimum atomic E-state index is -1.06. The van der Waals surface area contributed by atoms with Crippen LogP contribution in [0.25, 0.3) is 0 Å². The SMILES string of the molecule is O=C1CCC[C@H]1[C@@H](O)c1ccccc1[N+](=O)[O-]. The Labute approximate surface area is 98.2 Å². The molecular weight excluding hydrogens is 222 g/mol. The fourth-order valence-corrected chi connectivity index (χ4v) is 2.30. The number of carbonyl (C=O) groups excluding carboxylic acids is 1. The van der Waals surface area contributed by atoms with Crippen molar-refractivity contribution < 1.29 is 14.8 Å². The van der Waals surface area contributed by atoms with Crippen LogP contribution in [0.5, 0.6) is 0 Å². The molecule has 5 heteroatoms. The van der Waals surface area contributed by atoms with Gasteiger partial charge in [0, 0.05) is 18.4 Å². The lowest BCUT2D eigenvalue weighted by Crippen LogP contribution is -2.17. The zero-order chi connectivity index (χ0) is 12.4. The van der Waals surface area contributed by atoms with Crippen molar-refractivity contribution in [2.45, 2.75) is 25.4 Å². The summed E-state index contributed by atoms with van der Waals surface area (Å²) in [5.41, 5.74) is 0.109. The number of Topliss-reactive ketones (excluding diaryl/α,β-unsaturated/α-hetero) is 1. The summed E-state index contributed by atoms with van der Waals surface area (Å²) in [5, 5.41) is 20.9. The number of hydrogen-bond acceptors (Lipinski definition) is 4. The summed E-state index contributed by atoms with van der Waals surface area (Å²) in [4.78, 5) is 21.8. The highest BCUT2D eigenvalue weighted by Gasteiger charge is 2.34. The predicted octanol–water partition coefficient (Wildman–Crippen LogP) is 2.00. The number of aliphatic hydroxyl groups is 1. The molecule has 1 aliphatic rings. The van der Waals surface area contributed by atoms with E-state index in [1.807, 2.05) is 0 Å². The van der Waals surface area contributed by atoms with Crippen LogP contribution in [0.2, 0.25) is 0 Å². The third kappa shape index (κ3) is 2.19. The number of nitro benzene ring substituents is 1. The topological polar surface area (TPSA) is 80.4 Å². The lowest BCUT2D eigenvalue weighted by Gasteiger charge is -2.16. The van der Waals surface area contributed by atoms with Gasteiger partial charge in [-0.2, -0.15) is 0 Å². The van der Waals surface area contributed by atoms with Crippen LogP contribution >= 0.6 is 0 Å². The molecule has 0 heterocycles. The van der Waals surface area contributed by atoms with Gasteiger partial charge < -0.3 is 5.11 Å². The summed E-state index contributed by atoms with van der Waals surface area (Å²) in [6.07, 6.45) is 0.752. The third-order valence-electron chi connectivity index (χ3n) is 3.19. The largest absolute Gasteiger partial charge is 0.387 e. The van der Waals surface area contributed by atoms with E-state index in [9.17, 15) is 20.0 Å². The van der Waals surface area contributed by atoms with Crippen molar-refractivity contribution in [1.29, 1.82) is 0 Å². The number of nitrogens with zero attached hydrogens (tertiary/aromatic N) is 1. The van der Waals surface area contributed by atoms with Gasteiger partial charge in [0.1, 0.15) is 5.78 Å². The van der Waals surface area contributed by atoms with Gasteiger partial charge in [-0.1, -0.05) is 12.1 Å². The van der Waals surface area contributed by atoms with E-state index >= 15 is 0 Å². The second kappa shape index (κ2) is 4.63. The van der Waals surface area contributed by atoms with E-state index in [-0.39, 0.29) is 17.0 Å². The van der Waals surface area contributed by atoms with Crippen LogP contribution in [0.4, 0.5) is 5.69 Å². The van der Waals surface area contributed by atoms with Crippen LogP contribution in [0.3, 0.4) is 0 Å².